The summed E-state index contributed by atoms with van der Waals surface area (Å²) in [6.45, 7) is 1.53. The summed E-state index contributed by atoms with van der Waals surface area (Å²) in [4.78, 5) is 16.0. The zero-order valence-corrected chi connectivity index (χ0v) is 13.7. The van der Waals surface area contributed by atoms with Gasteiger partial charge in [-0.05, 0) is 31.9 Å². The number of carbonyl (C=O) groups is 1. The summed E-state index contributed by atoms with van der Waals surface area (Å²) in [5.74, 6) is -0.0564. The standard InChI is InChI=1S/C14H21N3O2S2/c1-20-12-10(15)11(13(19)16-8-4-5-8)21-14(12)17-6-2-3-9(18)7-17/h8-9,18H,2-7,15H2,1H3,(H,16,19). The monoisotopic (exact) mass is 327 g/mol. The number of rotatable bonds is 4. The van der Waals surface area contributed by atoms with Gasteiger partial charge in [-0.15, -0.1) is 23.1 Å². The van der Waals surface area contributed by atoms with Crippen LogP contribution in [0, 0.1) is 0 Å². The van der Waals surface area contributed by atoms with Crippen LogP contribution in [0.1, 0.15) is 35.4 Å². The molecule has 3 rings (SSSR count). The van der Waals surface area contributed by atoms with E-state index in [2.05, 4.69) is 10.2 Å². The second-order valence-corrected chi connectivity index (χ2v) is 7.49. The van der Waals surface area contributed by atoms with Crippen molar-refractivity contribution < 1.29 is 9.90 Å². The number of nitrogens with two attached hydrogens (primary N) is 1. The van der Waals surface area contributed by atoms with E-state index in [4.69, 9.17) is 5.73 Å². The number of aliphatic hydroxyl groups excluding tert-OH is 1. The average molecular weight is 327 g/mol. The normalized spacial score (nSPS) is 22.4. The molecule has 1 aromatic heterocycles. The first-order valence-corrected chi connectivity index (χ1v) is 9.34. The lowest BCUT2D eigenvalue weighted by Crippen LogP contribution is -2.38. The topological polar surface area (TPSA) is 78.6 Å². The number of amides is 1. The van der Waals surface area contributed by atoms with Gasteiger partial charge in [0.05, 0.1) is 16.7 Å². The zero-order chi connectivity index (χ0) is 15.0. The van der Waals surface area contributed by atoms with Gasteiger partial charge in [-0.3, -0.25) is 4.79 Å². The molecule has 116 valence electrons. The highest BCUT2D eigenvalue weighted by atomic mass is 32.2. The molecule has 0 spiro atoms. The average Bonchev–Trinajstić information content (AvgIpc) is 3.20. The van der Waals surface area contributed by atoms with Crippen LogP contribution >= 0.6 is 23.1 Å². The summed E-state index contributed by atoms with van der Waals surface area (Å²) in [5, 5.41) is 13.9. The quantitative estimate of drug-likeness (QED) is 0.736. The second kappa shape index (κ2) is 6.06. The first-order valence-electron chi connectivity index (χ1n) is 7.30. The molecule has 1 aliphatic heterocycles. The van der Waals surface area contributed by atoms with E-state index in [1.165, 1.54) is 11.3 Å². The number of aliphatic hydroxyl groups is 1. The van der Waals surface area contributed by atoms with Gasteiger partial charge in [-0.25, -0.2) is 0 Å². The van der Waals surface area contributed by atoms with Gasteiger partial charge in [0.1, 0.15) is 9.88 Å². The molecule has 0 aromatic carbocycles. The molecule has 2 aliphatic rings. The second-order valence-electron chi connectivity index (χ2n) is 5.67. The lowest BCUT2D eigenvalue weighted by atomic mass is 10.1. The maximum absolute atomic E-state index is 12.3. The molecule has 2 fully saturated rings. The summed E-state index contributed by atoms with van der Waals surface area (Å²) in [6.07, 6.45) is 5.64. The molecule has 7 heteroatoms. The third-order valence-corrected chi connectivity index (χ3v) is 6.10. The molecule has 1 saturated carbocycles. The van der Waals surface area contributed by atoms with E-state index < -0.39 is 0 Å². The maximum atomic E-state index is 12.3. The van der Waals surface area contributed by atoms with E-state index in [9.17, 15) is 9.90 Å². The largest absolute Gasteiger partial charge is 0.396 e. The van der Waals surface area contributed by atoms with E-state index in [-0.39, 0.29) is 12.0 Å². The van der Waals surface area contributed by atoms with Gasteiger partial charge >= 0.3 is 0 Å². The van der Waals surface area contributed by atoms with Gasteiger partial charge < -0.3 is 21.1 Å². The molecule has 1 aliphatic carbocycles. The van der Waals surface area contributed by atoms with Crippen LogP contribution < -0.4 is 16.0 Å². The zero-order valence-electron chi connectivity index (χ0n) is 12.1. The van der Waals surface area contributed by atoms with Gasteiger partial charge in [-0.1, -0.05) is 0 Å². The summed E-state index contributed by atoms with van der Waals surface area (Å²) in [5.41, 5.74) is 6.78. The van der Waals surface area contributed by atoms with Crippen molar-refractivity contribution in [3.8, 4) is 0 Å². The van der Waals surface area contributed by atoms with Gasteiger partial charge in [0.25, 0.3) is 5.91 Å². The number of hydrogen-bond acceptors (Lipinski definition) is 6. The van der Waals surface area contributed by atoms with Crippen LogP contribution in [0.25, 0.3) is 0 Å². The Morgan fingerprint density at radius 2 is 2.24 bits per heavy atom. The number of nitrogens with one attached hydrogen (secondary N) is 1. The van der Waals surface area contributed by atoms with Crippen LogP contribution in [0.2, 0.25) is 0 Å². The number of thioether (sulfide) groups is 1. The lowest BCUT2D eigenvalue weighted by molar-refractivity contribution is 0.0956. The highest BCUT2D eigenvalue weighted by Gasteiger charge is 2.29. The maximum Gasteiger partial charge on any atom is 0.263 e. The molecule has 1 unspecified atom stereocenters. The molecular weight excluding hydrogens is 306 g/mol. The third-order valence-electron chi connectivity index (χ3n) is 3.89. The van der Waals surface area contributed by atoms with Gasteiger partial charge in [0.15, 0.2) is 0 Å². The summed E-state index contributed by atoms with van der Waals surface area (Å²) in [6, 6.07) is 0.331. The number of β-amino-alcohol motifs (C(OH)–C–C–N with tert-alkyl or cyclic N) is 1. The minimum absolute atomic E-state index is 0.0564. The summed E-state index contributed by atoms with van der Waals surface area (Å²) < 4.78 is 0. The first-order chi connectivity index (χ1) is 10.1. The Balaban J connectivity index is 1.86. The van der Waals surface area contributed by atoms with Crippen LogP contribution in [0.5, 0.6) is 0 Å². The summed E-state index contributed by atoms with van der Waals surface area (Å²) >= 11 is 3.03. The van der Waals surface area contributed by atoms with E-state index in [1.807, 2.05) is 6.26 Å². The van der Waals surface area contributed by atoms with Crippen molar-refractivity contribution in [2.24, 2.45) is 0 Å². The Morgan fingerprint density at radius 3 is 2.86 bits per heavy atom. The van der Waals surface area contributed by atoms with E-state index >= 15 is 0 Å². The van der Waals surface area contributed by atoms with Crippen LogP contribution in [0.4, 0.5) is 10.7 Å². The SMILES string of the molecule is CSc1c(N2CCCC(O)C2)sc(C(=O)NC2CC2)c1N. The van der Waals surface area contributed by atoms with Crippen molar-refractivity contribution in [3.63, 3.8) is 0 Å². The van der Waals surface area contributed by atoms with Gasteiger partial charge in [0, 0.05) is 19.1 Å². The number of nitrogens with zero attached hydrogens (tertiary/aromatic N) is 1. The molecule has 1 amide bonds. The van der Waals surface area contributed by atoms with E-state index in [0.29, 0.717) is 23.2 Å². The Bertz CT molecular complexity index is 543. The molecule has 1 atom stereocenters. The van der Waals surface area contributed by atoms with Crippen molar-refractivity contribution in [3.05, 3.63) is 4.88 Å². The Labute approximate surface area is 132 Å². The smallest absolute Gasteiger partial charge is 0.263 e. The minimum Gasteiger partial charge on any atom is -0.396 e. The molecular formula is C14H21N3O2S2. The number of anilines is 2. The number of nitrogen functional groups attached to an aromatic ring is 1. The highest BCUT2D eigenvalue weighted by molar-refractivity contribution is 7.99. The third kappa shape index (κ3) is 3.14. The minimum atomic E-state index is -0.291. The predicted octanol–water partition coefficient (Wildman–Crippen LogP) is 1.91. The molecule has 2 heterocycles. The molecule has 0 radical (unpaired) electrons. The highest BCUT2D eigenvalue weighted by Crippen LogP contribution is 2.44. The van der Waals surface area contributed by atoms with Crippen molar-refractivity contribution in [2.45, 2.75) is 42.7 Å². The van der Waals surface area contributed by atoms with E-state index in [1.54, 1.807) is 11.8 Å². The van der Waals surface area contributed by atoms with E-state index in [0.717, 1.165) is 42.1 Å². The van der Waals surface area contributed by atoms with Crippen molar-refractivity contribution in [1.82, 2.24) is 5.32 Å². The Kier molecular flexibility index (Phi) is 4.33. The van der Waals surface area contributed by atoms with Crippen LogP contribution in [-0.2, 0) is 0 Å². The lowest BCUT2D eigenvalue weighted by Gasteiger charge is -2.31. The van der Waals surface area contributed by atoms with Crippen molar-refractivity contribution in [1.29, 1.82) is 0 Å². The number of carbonyl (C=O) groups excluding carboxylic acids is 1. The van der Waals surface area contributed by atoms with Crippen molar-refractivity contribution in [2.75, 3.05) is 30.0 Å². The van der Waals surface area contributed by atoms with Gasteiger partial charge in [0.2, 0.25) is 0 Å². The van der Waals surface area contributed by atoms with Crippen molar-refractivity contribution >= 4 is 39.7 Å². The van der Waals surface area contributed by atoms with Crippen LogP contribution in [0.3, 0.4) is 0 Å². The first kappa shape index (κ1) is 15.0. The molecule has 1 saturated heterocycles. The molecule has 5 nitrogen and oxygen atoms in total. The molecule has 0 bridgehead atoms. The summed E-state index contributed by atoms with van der Waals surface area (Å²) in [7, 11) is 0. The fraction of sp³-hybridized carbons (Fsp3) is 0.643. The number of hydrogen-bond donors (Lipinski definition) is 3. The number of thiophene rings is 1. The Hall–Kier alpha value is -0.920. The molecule has 21 heavy (non-hydrogen) atoms. The fourth-order valence-corrected chi connectivity index (χ4v) is 4.73. The fourth-order valence-electron chi connectivity index (χ4n) is 2.61. The van der Waals surface area contributed by atoms with Crippen LogP contribution in [-0.4, -0.2) is 42.5 Å². The van der Waals surface area contributed by atoms with Gasteiger partial charge in [-0.2, -0.15) is 0 Å². The Morgan fingerprint density at radius 1 is 1.48 bits per heavy atom. The predicted molar refractivity (Wildman–Crippen MR) is 88.5 cm³/mol. The molecule has 1 aromatic rings. The number of piperidine rings is 1. The molecule has 4 N–H and O–H groups in total. The van der Waals surface area contributed by atoms with Crippen LogP contribution in [0.15, 0.2) is 4.90 Å².